The molecule has 1 aliphatic heterocycles. The van der Waals surface area contributed by atoms with E-state index in [2.05, 4.69) is 15.7 Å². The van der Waals surface area contributed by atoms with E-state index < -0.39 is 12.0 Å². The maximum Gasteiger partial charge on any atom is 0.328 e. The molecule has 1 aromatic heterocycles. The molecule has 146 valence electrons. The second-order valence-electron chi connectivity index (χ2n) is 6.59. The number of carbonyl (C=O) groups is 2. The van der Waals surface area contributed by atoms with E-state index in [0.717, 1.165) is 11.1 Å². The second-order valence-corrected chi connectivity index (χ2v) is 6.59. The molecule has 1 saturated heterocycles. The second kappa shape index (κ2) is 9.53. The van der Waals surface area contributed by atoms with Crippen LogP contribution in [0.1, 0.15) is 17.0 Å². The number of benzene rings is 1. The van der Waals surface area contributed by atoms with E-state index in [1.54, 1.807) is 10.9 Å². The number of carbonyl (C=O) groups excluding carboxylic acids is 2. The van der Waals surface area contributed by atoms with Crippen LogP contribution in [-0.2, 0) is 27.8 Å². The van der Waals surface area contributed by atoms with E-state index in [-0.39, 0.29) is 30.2 Å². The minimum absolute atomic E-state index is 0. The van der Waals surface area contributed by atoms with E-state index in [0.29, 0.717) is 19.5 Å². The zero-order valence-corrected chi connectivity index (χ0v) is 16.2. The van der Waals surface area contributed by atoms with Gasteiger partial charge >= 0.3 is 5.97 Å². The number of hydrogen-bond donors (Lipinski definition) is 2. The minimum atomic E-state index is -0.704. The maximum atomic E-state index is 12.9. The summed E-state index contributed by atoms with van der Waals surface area (Å²) in [6, 6.07) is 8.88. The smallest absolute Gasteiger partial charge is 0.328 e. The van der Waals surface area contributed by atoms with Crippen molar-refractivity contribution < 1.29 is 14.3 Å². The van der Waals surface area contributed by atoms with Crippen LogP contribution in [0.3, 0.4) is 0 Å². The number of amides is 1. The van der Waals surface area contributed by atoms with Crippen LogP contribution in [0.5, 0.6) is 0 Å². The molecule has 7 nitrogen and oxygen atoms in total. The Bertz CT molecular complexity index is 765. The number of aryl methyl sites for hydroxylation is 1. The number of rotatable bonds is 6. The van der Waals surface area contributed by atoms with E-state index in [1.165, 1.54) is 7.11 Å². The third-order valence-corrected chi connectivity index (χ3v) is 4.79. The first-order chi connectivity index (χ1) is 12.6. The largest absolute Gasteiger partial charge is 0.467 e. The Hall–Kier alpha value is -2.38. The Kier molecular flexibility index (Phi) is 7.38. The standard InChI is InChI=1S/C19H24N4O3.ClH/c1-23-12-14(9-21-23)15-10-20-11-16(15)18(24)22-17(19(25)26-2)8-13-6-4-3-5-7-13;/h3-7,9,12,15-17,20H,8,10-11H2,1-2H3,(H,22,24);1H/t15-,16+,17?;/m1./s1. The van der Waals surface area contributed by atoms with Crippen LogP contribution in [0.15, 0.2) is 42.7 Å². The van der Waals surface area contributed by atoms with Crippen molar-refractivity contribution >= 4 is 24.3 Å². The summed E-state index contributed by atoms with van der Waals surface area (Å²) in [5, 5.41) is 10.3. The Morgan fingerprint density at radius 2 is 2.07 bits per heavy atom. The highest BCUT2D eigenvalue weighted by Gasteiger charge is 2.36. The molecular formula is C19H25ClN4O3. The average Bonchev–Trinajstić information content (AvgIpc) is 3.30. The molecule has 0 aliphatic carbocycles. The highest BCUT2D eigenvalue weighted by molar-refractivity contribution is 5.87. The Morgan fingerprint density at radius 3 is 2.70 bits per heavy atom. The van der Waals surface area contributed by atoms with Crippen molar-refractivity contribution in [3.63, 3.8) is 0 Å². The zero-order chi connectivity index (χ0) is 18.5. The summed E-state index contributed by atoms with van der Waals surface area (Å²) in [7, 11) is 3.19. The number of halogens is 1. The molecule has 2 aromatic rings. The van der Waals surface area contributed by atoms with Gasteiger partial charge in [0.2, 0.25) is 5.91 Å². The molecule has 1 amide bonds. The van der Waals surface area contributed by atoms with Gasteiger partial charge in [-0.15, -0.1) is 12.4 Å². The summed E-state index contributed by atoms with van der Waals surface area (Å²) >= 11 is 0. The summed E-state index contributed by atoms with van der Waals surface area (Å²) in [6.07, 6.45) is 4.12. The molecule has 2 N–H and O–H groups in total. The fourth-order valence-corrected chi connectivity index (χ4v) is 3.40. The van der Waals surface area contributed by atoms with Crippen LogP contribution in [0.25, 0.3) is 0 Å². The van der Waals surface area contributed by atoms with Crippen LogP contribution in [-0.4, -0.2) is 47.9 Å². The molecule has 3 atom stereocenters. The maximum absolute atomic E-state index is 12.9. The first kappa shape index (κ1) is 20.9. The number of hydrogen-bond acceptors (Lipinski definition) is 5. The quantitative estimate of drug-likeness (QED) is 0.718. The lowest BCUT2D eigenvalue weighted by atomic mass is 9.90. The molecule has 1 fully saturated rings. The van der Waals surface area contributed by atoms with Crippen LogP contribution in [0.2, 0.25) is 0 Å². The third kappa shape index (κ3) is 5.08. The lowest BCUT2D eigenvalue weighted by Gasteiger charge is -2.21. The average molecular weight is 393 g/mol. The van der Waals surface area contributed by atoms with Gasteiger partial charge in [-0.2, -0.15) is 5.10 Å². The number of esters is 1. The predicted molar refractivity (Wildman–Crippen MR) is 104 cm³/mol. The van der Waals surface area contributed by atoms with E-state index in [1.807, 2.05) is 43.6 Å². The van der Waals surface area contributed by atoms with Crippen LogP contribution in [0.4, 0.5) is 0 Å². The topological polar surface area (TPSA) is 85.2 Å². The van der Waals surface area contributed by atoms with E-state index in [9.17, 15) is 9.59 Å². The Labute approximate surface area is 164 Å². The molecule has 0 bridgehead atoms. The van der Waals surface area contributed by atoms with Gasteiger partial charge in [-0.05, 0) is 11.1 Å². The van der Waals surface area contributed by atoms with E-state index in [4.69, 9.17) is 4.74 Å². The highest BCUT2D eigenvalue weighted by atomic mass is 35.5. The Balaban J connectivity index is 0.00000261. The normalized spacial score (nSPS) is 19.8. The molecule has 1 unspecified atom stereocenters. The predicted octanol–water partition coefficient (Wildman–Crippen LogP) is 1.05. The molecule has 0 spiro atoms. The van der Waals surface area contributed by atoms with Gasteiger partial charge in [0.25, 0.3) is 0 Å². The molecule has 1 aliphatic rings. The summed E-state index contributed by atoms with van der Waals surface area (Å²) in [6.45, 7) is 1.29. The minimum Gasteiger partial charge on any atom is -0.467 e. The Morgan fingerprint density at radius 1 is 1.33 bits per heavy atom. The molecule has 3 rings (SSSR count). The zero-order valence-electron chi connectivity index (χ0n) is 15.4. The summed E-state index contributed by atoms with van der Waals surface area (Å²) in [5.41, 5.74) is 1.99. The van der Waals surface area contributed by atoms with Crippen LogP contribution < -0.4 is 10.6 Å². The van der Waals surface area contributed by atoms with Gasteiger partial charge in [0.15, 0.2) is 0 Å². The third-order valence-electron chi connectivity index (χ3n) is 4.79. The van der Waals surface area contributed by atoms with Crippen LogP contribution >= 0.6 is 12.4 Å². The van der Waals surface area contributed by atoms with Crippen molar-refractivity contribution in [1.29, 1.82) is 0 Å². The number of methoxy groups -OCH3 is 1. The van der Waals surface area contributed by atoms with Gasteiger partial charge < -0.3 is 15.4 Å². The van der Waals surface area contributed by atoms with Gasteiger partial charge in [0.05, 0.1) is 19.2 Å². The SMILES string of the molecule is COC(=O)C(Cc1ccccc1)NC(=O)[C@H]1CNC[C@@H]1c1cnn(C)c1.Cl. The molecule has 1 aromatic carbocycles. The van der Waals surface area contributed by atoms with Crippen LogP contribution in [0, 0.1) is 5.92 Å². The monoisotopic (exact) mass is 392 g/mol. The van der Waals surface area contributed by atoms with Crippen molar-refractivity contribution in [3.05, 3.63) is 53.9 Å². The fraction of sp³-hybridized carbons (Fsp3) is 0.421. The van der Waals surface area contributed by atoms with Crippen molar-refractivity contribution in [2.75, 3.05) is 20.2 Å². The number of nitrogens with one attached hydrogen (secondary N) is 2. The fourth-order valence-electron chi connectivity index (χ4n) is 3.40. The van der Waals surface area contributed by atoms with Gasteiger partial charge in [0.1, 0.15) is 6.04 Å². The molecule has 0 radical (unpaired) electrons. The van der Waals surface area contributed by atoms with Gasteiger partial charge in [-0.3, -0.25) is 9.48 Å². The molecule has 0 saturated carbocycles. The van der Waals surface area contributed by atoms with Crippen molar-refractivity contribution in [1.82, 2.24) is 20.4 Å². The molecular weight excluding hydrogens is 368 g/mol. The van der Waals surface area contributed by atoms with Crippen molar-refractivity contribution in [3.8, 4) is 0 Å². The van der Waals surface area contributed by atoms with Crippen molar-refractivity contribution in [2.45, 2.75) is 18.4 Å². The summed E-state index contributed by atoms with van der Waals surface area (Å²) < 4.78 is 6.61. The van der Waals surface area contributed by atoms with E-state index >= 15 is 0 Å². The lowest BCUT2D eigenvalue weighted by molar-refractivity contribution is -0.145. The van der Waals surface area contributed by atoms with Crippen molar-refractivity contribution in [2.24, 2.45) is 13.0 Å². The number of nitrogens with zero attached hydrogens (tertiary/aromatic N) is 2. The summed E-state index contributed by atoms with van der Waals surface area (Å²) in [5.74, 6) is -0.790. The number of aromatic nitrogens is 2. The lowest BCUT2D eigenvalue weighted by Crippen LogP contribution is -2.46. The first-order valence-corrected chi connectivity index (χ1v) is 8.70. The van der Waals surface area contributed by atoms with Gasteiger partial charge in [-0.25, -0.2) is 4.79 Å². The molecule has 27 heavy (non-hydrogen) atoms. The molecule has 2 heterocycles. The molecule has 8 heteroatoms. The number of ether oxygens (including phenoxy) is 1. The first-order valence-electron chi connectivity index (χ1n) is 8.70. The van der Waals surface area contributed by atoms with Gasteiger partial charge in [0, 0.05) is 38.7 Å². The summed E-state index contributed by atoms with van der Waals surface area (Å²) in [4.78, 5) is 25.0. The van der Waals surface area contributed by atoms with Gasteiger partial charge in [-0.1, -0.05) is 30.3 Å². The highest BCUT2D eigenvalue weighted by Crippen LogP contribution is 2.28.